The zero-order valence-corrected chi connectivity index (χ0v) is 14.4. The lowest BCUT2D eigenvalue weighted by Crippen LogP contribution is -2.14. The average Bonchev–Trinajstić information content (AvgIpc) is 2.99. The van der Waals surface area contributed by atoms with Gasteiger partial charge in [-0.05, 0) is 46.9 Å². The first-order valence-corrected chi connectivity index (χ1v) is 9.41. The van der Waals surface area contributed by atoms with Crippen molar-refractivity contribution < 1.29 is 13.3 Å². The Morgan fingerprint density at radius 2 is 1.58 bits per heavy atom. The standard InChI is InChI=1S/C19H14N2O4S/c22-21(23)18-7-3-4-8-19(18)26(24,25)20-15-10-9-14-11-13-5-1-2-6-16(13)17(14)12-15/h1-10,12,20H,11H2. The summed E-state index contributed by atoms with van der Waals surface area (Å²) in [5, 5.41) is 11.1. The molecular weight excluding hydrogens is 352 g/mol. The maximum atomic E-state index is 12.7. The highest BCUT2D eigenvalue weighted by molar-refractivity contribution is 7.92. The third-order valence-electron chi connectivity index (χ3n) is 4.40. The van der Waals surface area contributed by atoms with Gasteiger partial charge in [-0.1, -0.05) is 42.5 Å². The van der Waals surface area contributed by atoms with Crippen molar-refractivity contribution in [2.75, 3.05) is 4.72 Å². The molecule has 26 heavy (non-hydrogen) atoms. The summed E-state index contributed by atoms with van der Waals surface area (Å²) in [6.45, 7) is 0. The summed E-state index contributed by atoms with van der Waals surface area (Å²) >= 11 is 0. The molecule has 6 nitrogen and oxygen atoms in total. The summed E-state index contributed by atoms with van der Waals surface area (Å²) in [5.41, 5.74) is 4.30. The van der Waals surface area contributed by atoms with Gasteiger partial charge in [-0.3, -0.25) is 14.8 Å². The van der Waals surface area contributed by atoms with Crippen LogP contribution in [0.2, 0.25) is 0 Å². The van der Waals surface area contributed by atoms with Crippen molar-refractivity contribution in [1.29, 1.82) is 0 Å². The lowest BCUT2D eigenvalue weighted by Gasteiger charge is -2.10. The predicted octanol–water partition coefficient (Wildman–Crippen LogP) is 3.97. The van der Waals surface area contributed by atoms with Gasteiger partial charge in [-0.2, -0.15) is 0 Å². The fourth-order valence-electron chi connectivity index (χ4n) is 3.23. The van der Waals surface area contributed by atoms with Crippen LogP contribution in [0, 0.1) is 10.1 Å². The molecule has 0 radical (unpaired) electrons. The van der Waals surface area contributed by atoms with Gasteiger partial charge in [0.2, 0.25) is 0 Å². The van der Waals surface area contributed by atoms with Gasteiger partial charge >= 0.3 is 0 Å². The number of sulfonamides is 1. The molecule has 4 rings (SSSR count). The van der Waals surface area contributed by atoms with E-state index in [1.807, 2.05) is 30.3 Å². The number of hydrogen-bond acceptors (Lipinski definition) is 4. The molecule has 0 spiro atoms. The van der Waals surface area contributed by atoms with E-state index >= 15 is 0 Å². The van der Waals surface area contributed by atoms with Crippen molar-refractivity contribution in [3.8, 4) is 11.1 Å². The van der Waals surface area contributed by atoms with Gasteiger partial charge in [0.25, 0.3) is 15.7 Å². The highest BCUT2D eigenvalue weighted by Gasteiger charge is 2.26. The lowest BCUT2D eigenvalue weighted by molar-refractivity contribution is -0.387. The van der Waals surface area contributed by atoms with E-state index < -0.39 is 20.6 Å². The summed E-state index contributed by atoms with van der Waals surface area (Å²) < 4.78 is 27.8. The van der Waals surface area contributed by atoms with Gasteiger partial charge < -0.3 is 0 Å². The number of anilines is 1. The number of nitro groups is 1. The van der Waals surface area contributed by atoms with Crippen LogP contribution in [-0.2, 0) is 16.4 Å². The van der Waals surface area contributed by atoms with Crippen molar-refractivity contribution in [2.24, 2.45) is 0 Å². The third-order valence-corrected chi connectivity index (χ3v) is 5.83. The Bertz CT molecular complexity index is 1140. The van der Waals surface area contributed by atoms with Crippen molar-refractivity contribution in [1.82, 2.24) is 0 Å². The molecule has 0 aliphatic heterocycles. The van der Waals surface area contributed by atoms with Crippen molar-refractivity contribution >= 4 is 21.4 Å². The van der Waals surface area contributed by atoms with E-state index in [-0.39, 0.29) is 4.90 Å². The Balaban J connectivity index is 1.73. The molecular formula is C19H14N2O4S. The monoisotopic (exact) mass is 366 g/mol. The van der Waals surface area contributed by atoms with Gasteiger partial charge in [0.05, 0.1) is 4.92 Å². The van der Waals surface area contributed by atoms with Crippen LogP contribution in [0.4, 0.5) is 11.4 Å². The van der Waals surface area contributed by atoms with Crippen LogP contribution in [0.15, 0.2) is 71.6 Å². The number of rotatable bonds is 4. The van der Waals surface area contributed by atoms with E-state index in [4.69, 9.17) is 0 Å². The summed E-state index contributed by atoms with van der Waals surface area (Å²) in [6, 6.07) is 18.6. The van der Waals surface area contributed by atoms with Crippen LogP contribution < -0.4 is 4.72 Å². The molecule has 0 heterocycles. The first-order valence-electron chi connectivity index (χ1n) is 7.93. The zero-order chi connectivity index (χ0) is 18.3. The molecule has 1 aliphatic rings. The fraction of sp³-hybridized carbons (Fsp3) is 0.0526. The molecule has 3 aromatic carbocycles. The SMILES string of the molecule is O=[N+]([O-])c1ccccc1S(=O)(=O)Nc1ccc2c(c1)-c1ccccc1C2. The number of benzene rings is 3. The van der Waals surface area contributed by atoms with Crippen LogP contribution in [0.3, 0.4) is 0 Å². The van der Waals surface area contributed by atoms with E-state index in [2.05, 4.69) is 4.72 Å². The van der Waals surface area contributed by atoms with Gasteiger partial charge in [0.15, 0.2) is 4.90 Å². The largest absolute Gasteiger partial charge is 0.289 e. The van der Waals surface area contributed by atoms with Crippen molar-refractivity contribution in [3.05, 3.63) is 88.0 Å². The smallest absolute Gasteiger partial charge is 0.279 e. The Morgan fingerprint density at radius 3 is 2.38 bits per heavy atom. The fourth-order valence-corrected chi connectivity index (χ4v) is 4.46. The molecule has 7 heteroatoms. The molecule has 0 saturated heterocycles. The van der Waals surface area contributed by atoms with E-state index in [9.17, 15) is 18.5 Å². The number of nitro benzene ring substituents is 1. The predicted molar refractivity (Wildman–Crippen MR) is 98.6 cm³/mol. The maximum absolute atomic E-state index is 12.7. The van der Waals surface area contributed by atoms with Crippen molar-refractivity contribution in [3.63, 3.8) is 0 Å². The van der Waals surface area contributed by atoms with Gasteiger partial charge in [-0.25, -0.2) is 8.42 Å². The molecule has 0 unspecified atom stereocenters. The number of nitrogens with zero attached hydrogens (tertiary/aromatic N) is 1. The molecule has 0 atom stereocenters. The van der Waals surface area contributed by atoms with Crippen LogP contribution >= 0.6 is 0 Å². The number of hydrogen-bond donors (Lipinski definition) is 1. The summed E-state index contributed by atoms with van der Waals surface area (Å²) in [6.07, 6.45) is 0.808. The van der Waals surface area contributed by atoms with E-state index in [0.717, 1.165) is 23.1 Å². The summed E-state index contributed by atoms with van der Waals surface area (Å²) in [7, 11) is -4.08. The van der Waals surface area contributed by atoms with Crippen LogP contribution in [0.5, 0.6) is 0 Å². The maximum Gasteiger partial charge on any atom is 0.289 e. The van der Waals surface area contributed by atoms with E-state index in [0.29, 0.717) is 5.69 Å². The minimum Gasteiger partial charge on any atom is -0.279 e. The Morgan fingerprint density at radius 1 is 0.885 bits per heavy atom. The van der Waals surface area contributed by atoms with Gasteiger partial charge in [0.1, 0.15) is 0 Å². The molecule has 1 aliphatic carbocycles. The average molecular weight is 366 g/mol. The Kier molecular flexibility index (Phi) is 3.73. The van der Waals surface area contributed by atoms with E-state index in [1.54, 1.807) is 12.1 Å². The first-order chi connectivity index (χ1) is 12.5. The molecule has 3 aromatic rings. The third kappa shape index (κ3) is 2.72. The Labute approximate surface area is 150 Å². The Hall–Kier alpha value is -3.19. The quantitative estimate of drug-likeness (QED) is 0.437. The van der Waals surface area contributed by atoms with Crippen LogP contribution in [0.1, 0.15) is 11.1 Å². The normalized spacial score (nSPS) is 12.3. The van der Waals surface area contributed by atoms with Gasteiger partial charge in [0, 0.05) is 11.8 Å². The van der Waals surface area contributed by atoms with Crippen molar-refractivity contribution in [2.45, 2.75) is 11.3 Å². The first kappa shape index (κ1) is 16.3. The lowest BCUT2D eigenvalue weighted by atomic mass is 10.1. The second-order valence-electron chi connectivity index (χ2n) is 6.04. The van der Waals surface area contributed by atoms with E-state index in [1.165, 1.54) is 29.8 Å². The zero-order valence-electron chi connectivity index (χ0n) is 13.5. The summed E-state index contributed by atoms with van der Waals surface area (Å²) in [4.78, 5) is 10.1. The van der Waals surface area contributed by atoms with Gasteiger partial charge in [-0.15, -0.1) is 0 Å². The molecule has 0 bridgehead atoms. The highest BCUT2D eigenvalue weighted by Crippen LogP contribution is 2.38. The van der Waals surface area contributed by atoms with Crippen LogP contribution in [-0.4, -0.2) is 13.3 Å². The number of para-hydroxylation sites is 1. The highest BCUT2D eigenvalue weighted by atomic mass is 32.2. The minimum absolute atomic E-state index is 0.356. The van der Waals surface area contributed by atoms with Crippen LogP contribution in [0.25, 0.3) is 11.1 Å². The topological polar surface area (TPSA) is 89.3 Å². The molecule has 0 saturated carbocycles. The molecule has 130 valence electrons. The summed E-state index contributed by atoms with van der Waals surface area (Å²) in [5.74, 6) is 0. The number of fused-ring (bicyclic) bond motifs is 3. The molecule has 0 amide bonds. The molecule has 1 N–H and O–H groups in total. The minimum atomic E-state index is -4.08. The molecule has 0 fully saturated rings. The second kappa shape index (κ2) is 5.96. The number of nitrogens with one attached hydrogen (secondary N) is 1. The molecule has 0 aromatic heterocycles. The second-order valence-corrected chi connectivity index (χ2v) is 7.69.